The largest absolute Gasteiger partial charge is 0.278 e. The molecule has 0 bridgehead atoms. The van der Waals surface area contributed by atoms with Crippen molar-refractivity contribution in [2.24, 2.45) is 7.05 Å². The summed E-state index contributed by atoms with van der Waals surface area (Å²) < 4.78 is 2.23. The molecule has 0 aliphatic rings. The number of hydrogen-bond donors (Lipinski definition) is 1. The van der Waals surface area contributed by atoms with E-state index in [0.29, 0.717) is 4.77 Å². The molecule has 0 fully saturated rings. The quantitative estimate of drug-likeness (QED) is 0.512. The Bertz CT molecular complexity index is 202. The summed E-state index contributed by atoms with van der Waals surface area (Å²) in [6.07, 6.45) is 1.63. The van der Waals surface area contributed by atoms with Crippen LogP contribution in [0.3, 0.4) is 0 Å². The molecule has 0 amide bonds. The summed E-state index contributed by atoms with van der Waals surface area (Å²) in [5.41, 5.74) is 0. The molecule has 0 atom stereocenters. The standard InChI is InChI=1S/C3H5N3S.Ag/c1-6-2-4-3(7)5-6;/h2H,1H3,(H,5,7);. The smallest absolute Gasteiger partial charge is 0.213 e. The van der Waals surface area contributed by atoms with Gasteiger partial charge in [0.05, 0.1) is 0 Å². The van der Waals surface area contributed by atoms with Gasteiger partial charge in [-0.2, -0.15) is 0 Å². The maximum Gasteiger partial charge on any atom is 0.213 e. The number of aromatic amines is 1. The van der Waals surface area contributed by atoms with Crippen molar-refractivity contribution in [2.75, 3.05) is 0 Å². The zero-order valence-corrected chi connectivity index (χ0v) is 6.48. The third kappa shape index (κ3) is 1.92. The first-order valence-corrected chi connectivity index (χ1v) is 2.27. The van der Waals surface area contributed by atoms with Crippen LogP contribution in [0.15, 0.2) is 6.33 Å². The average Bonchev–Trinajstić information content (AvgIpc) is 1.87. The molecule has 0 aliphatic heterocycles. The zero-order valence-electron chi connectivity index (χ0n) is 4.18. The van der Waals surface area contributed by atoms with E-state index in [2.05, 4.69) is 22.3 Å². The van der Waals surface area contributed by atoms with E-state index in [4.69, 9.17) is 0 Å². The van der Waals surface area contributed by atoms with Crippen LogP contribution in [-0.4, -0.2) is 14.8 Å². The summed E-state index contributed by atoms with van der Waals surface area (Å²) in [5, 5.41) is 2.76. The summed E-state index contributed by atoms with van der Waals surface area (Å²) in [5.74, 6) is 0. The van der Waals surface area contributed by atoms with E-state index >= 15 is 0 Å². The van der Waals surface area contributed by atoms with Gasteiger partial charge in [0.15, 0.2) is 0 Å². The van der Waals surface area contributed by atoms with Crippen molar-refractivity contribution in [3.63, 3.8) is 0 Å². The summed E-state index contributed by atoms with van der Waals surface area (Å²) >= 11 is 4.65. The first kappa shape index (κ1) is 8.10. The topological polar surface area (TPSA) is 33.6 Å². The molecule has 8 heavy (non-hydrogen) atoms. The van der Waals surface area contributed by atoms with E-state index in [9.17, 15) is 0 Å². The van der Waals surface area contributed by atoms with Crippen molar-refractivity contribution >= 4 is 12.2 Å². The maximum absolute atomic E-state index is 4.65. The van der Waals surface area contributed by atoms with Crippen molar-refractivity contribution in [2.45, 2.75) is 0 Å². The van der Waals surface area contributed by atoms with Gasteiger partial charge in [-0.05, 0) is 12.2 Å². The molecule has 1 aromatic rings. The van der Waals surface area contributed by atoms with Gasteiger partial charge in [-0.3, -0.25) is 9.78 Å². The Morgan fingerprint density at radius 3 is 2.62 bits per heavy atom. The third-order valence-corrected chi connectivity index (χ3v) is 0.817. The number of rotatable bonds is 0. The predicted molar refractivity (Wildman–Crippen MR) is 28.4 cm³/mol. The monoisotopic (exact) mass is 222 g/mol. The van der Waals surface area contributed by atoms with E-state index < -0.39 is 0 Å². The molecule has 5 heteroatoms. The van der Waals surface area contributed by atoms with Crippen molar-refractivity contribution in [3.05, 3.63) is 11.1 Å². The molecule has 0 spiro atoms. The van der Waals surface area contributed by atoms with Gasteiger partial charge in [-0.1, -0.05) is 0 Å². The molecule has 49 valence electrons. The Hall–Kier alpha value is 0.100. The Labute approximate surface area is 67.6 Å². The van der Waals surface area contributed by atoms with Crippen LogP contribution < -0.4 is 0 Å². The Balaban J connectivity index is 0.000000490. The molecule has 3 nitrogen and oxygen atoms in total. The second-order valence-electron chi connectivity index (χ2n) is 1.27. The first-order chi connectivity index (χ1) is 3.29. The molecule has 1 heterocycles. The number of H-pyrrole nitrogens is 1. The molecule has 0 aromatic carbocycles. The van der Waals surface area contributed by atoms with Crippen LogP contribution in [0.5, 0.6) is 0 Å². The minimum Gasteiger partial charge on any atom is -0.278 e. The van der Waals surface area contributed by atoms with Gasteiger partial charge >= 0.3 is 0 Å². The van der Waals surface area contributed by atoms with Crippen molar-refractivity contribution in [3.8, 4) is 0 Å². The molecule has 0 unspecified atom stereocenters. The molecule has 1 aromatic heterocycles. The molecule has 1 N–H and O–H groups in total. The van der Waals surface area contributed by atoms with Crippen LogP contribution in [0, 0.1) is 4.77 Å². The molecule has 0 saturated heterocycles. The van der Waals surface area contributed by atoms with Gasteiger partial charge < -0.3 is 0 Å². The van der Waals surface area contributed by atoms with Crippen LogP contribution in [-0.2, 0) is 29.4 Å². The van der Waals surface area contributed by atoms with Gasteiger partial charge in [-0.25, -0.2) is 4.98 Å². The zero-order chi connectivity index (χ0) is 5.28. The minimum absolute atomic E-state index is 0. The predicted octanol–water partition coefficient (Wildman–Crippen LogP) is 0.475. The van der Waals surface area contributed by atoms with Crippen LogP contribution in [0.2, 0.25) is 0 Å². The molecule has 0 saturated carbocycles. The van der Waals surface area contributed by atoms with Gasteiger partial charge in [0, 0.05) is 29.4 Å². The third-order valence-electron chi connectivity index (χ3n) is 0.620. The molecular weight excluding hydrogens is 218 g/mol. The van der Waals surface area contributed by atoms with Crippen molar-refractivity contribution in [1.82, 2.24) is 14.8 Å². The molecular formula is C3H5AgN3S. The van der Waals surface area contributed by atoms with Crippen molar-refractivity contribution < 1.29 is 22.4 Å². The number of aromatic nitrogens is 3. The van der Waals surface area contributed by atoms with Crippen LogP contribution in [0.1, 0.15) is 0 Å². The second kappa shape index (κ2) is 3.19. The van der Waals surface area contributed by atoms with E-state index in [0.717, 1.165) is 0 Å². The Kier molecular flexibility index (Phi) is 3.23. The van der Waals surface area contributed by atoms with E-state index in [1.165, 1.54) is 0 Å². The number of nitrogens with one attached hydrogen (secondary N) is 1. The van der Waals surface area contributed by atoms with Gasteiger partial charge in [0.1, 0.15) is 6.33 Å². The van der Waals surface area contributed by atoms with Gasteiger partial charge in [-0.15, -0.1) is 0 Å². The fourth-order valence-corrected chi connectivity index (χ4v) is 0.539. The van der Waals surface area contributed by atoms with Crippen LogP contribution in [0.4, 0.5) is 0 Å². The number of nitrogens with zero attached hydrogens (tertiary/aromatic N) is 2. The molecule has 1 radical (unpaired) electrons. The van der Waals surface area contributed by atoms with Crippen LogP contribution >= 0.6 is 12.2 Å². The summed E-state index contributed by atoms with van der Waals surface area (Å²) in [7, 11) is 1.84. The number of hydrogen-bond acceptors (Lipinski definition) is 2. The number of aryl methyl sites for hydroxylation is 1. The van der Waals surface area contributed by atoms with E-state index in [1.54, 1.807) is 11.0 Å². The first-order valence-electron chi connectivity index (χ1n) is 1.86. The van der Waals surface area contributed by atoms with Gasteiger partial charge in [0.25, 0.3) is 0 Å². The Morgan fingerprint density at radius 1 is 1.88 bits per heavy atom. The normalized spacial score (nSPS) is 8.12. The molecule has 1 rings (SSSR count). The summed E-state index contributed by atoms with van der Waals surface area (Å²) in [4.78, 5) is 3.74. The summed E-state index contributed by atoms with van der Waals surface area (Å²) in [6.45, 7) is 0. The average molecular weight is 223 g/mol. The van der Waals surface area contributed by atoms with Gasteiger partial charge in [0.2, 0.25) is 4.77 Å². The van der Waals surface area contributed by atoms with E-state index in [-0.39, 0.29) is 22.4 Å². The second-order valence-corrected chi connectivity index (χ2v) is 1.66. The van der Waals surface area contributed by atoms with Crippen molar-refractivity contribution in [1.29, 1.82) is 0 Å². The van der Waals surface area contributed by atoms with E-state index in [1.807, 2.05) is 7.05 Å². The fraction of sp³-hybridized carbons (Fsp3) is 0.333. The van der Waals surface area contributed by atoms with Crippen LogP contribution in [0.25, 0.3) is 0 Å². The summed E-state index contributed by atoms with van der Waals surface area (Å²) in [6, 6.07) is 0. The fourth-order valence-electron chi connectivity index (χ4n) is 0.348. The molecule has 0 aliphatic carbocycles. The SMILES string of the molecule is Cn1cnc(=S)[nH]1.[Ag]. The minimum atomic E-state index is 0. The Morgan fingerprint density at radius 2 is 2.50 bits per heavy atom. The maximum atomic E-state index is 4.65.